The summed E-state index contributed by atoms with van der Waals surface area (Å²) in [7, 11) is 0. The minimum atomic E-state index is -0.0708. The summed E-state index contributed by atoms with van der Waals surface area (Å²) in [6.07, 6.45) is 0. The van der Waals surface area contributed by atoms with Gasteiger partial charge in [-0.25, -0.2) is 0 Å². The van der Waals surface area contributed by atoms with E-state index >= 15 is 0 Å². The molecule has 0 atom stereocenters. The van der Waals surface area contributed by atoms with Gasteiger partial charge in [-0.1, -0.05) is 155 Å². The fraction of sp³-hybridized carbons (Fsp3) is 0.120. The Morgan fingerprint density at radius 1 is 0.320 bits per heavy atom. The zero-order valence-electron chi connectivity index (χ0n) is 28.9. The molecule has 0 nitrogen and oxygen atoms in total. The van der Waals surface area contributed by atoms with Gasteiger partial charge >= 0.3 is 0 Å². The van der Waals surface area contributed by atoms with Crippen LogP contribution in [0.15, 0.2) is 146 Å². The van der Waals surface area contributed by atoms with Crippen molar-refractivity contribution in [3.8, 4) is 66.8 Å². The van der Waals surface area contributed by atoms with Gasteiger partial charge in [-0.3, -0.25) is 0 Å². The molecule has 3 aliphatic rings. The molecule has 0 saturated heterocycles. The van der Waals surface area contributed by atoms with Crippen LogP contribution in [0.3, 0.4) is 0 Å². The minimum absolute atomic E-state index is 0.0506. The van der Waals surface area contributed by atoms with E-state index in [1.54, 1.807) is 0 Å². The molecular weight excluding hydrogens is 601 g/mol. The predicted molar refractivity (Wildman–Crippen MR) is 212 cm³/mol. The Labute approximate surface area is 293 Å². The first kappa shape index (κ1) is 28.2. The lowest BCUT2D eigenvalue weighted by Gasteiger charge is -2.23. The van der Waals surface area contributed by atoms with Crippen molar-refractivity contribution in [3.05, 3.63) is 168 Å². The molecule has 0 amide bonds. The molecule has 0 unspecified atom stereocenters. The Hall–Kier alpha value is -5.72. The van der Waals surface area contributed by atoms with Crippen LogP contribution in [0.2, 0.25) is 0 Å². The number of hydrogen-bond acceptors (Lipinski definition) is 0. The van der Waals surface area contributed by atoms with Crippen LogP contribution in [-0.4, -0.2) is 0 Å². The van der Waals surface area contributed by atoms with Crippen molar-refractivity contribution in [2.75, 3.05) is 0 Å². The monoisotopic (exact) mass is 636 g/mol. The van der Waals surface area contributed by atoms with E-state index in [0.717, 1.165) is 0 Å². The van der Waals surface area contributed by atoms with E-state index in [0.29, 0.717) is 0 Å². The van der Waals surface area contributed by atoms with Crippen LogP contribution in [-0.2, 0) is 10.8 Å². The zero-order valence-corrected chi connectivity index (χ0v) is 28.9. The maximum absolute atomic E-state index is 2.51. The van der Waals surface area contributed by atoms with Gasteiger partial charge in [-0.2, -0.15) is 0 Å². The van der Waals surface area contributed by atoms with Crippen LogP contribution in [0.1, 0.15) is 49.9 Å². The van der Waals surface area contributed by atoms with Crippen LogP contribution in [0.25, 0.3) is 88.3 Å². The Morgan fingerprint density at radius 3 is 1.52 bits per heavy atom. The third-order valence-electron chi connectivity index (χ3n) is 12.4. The van der Waals surface area contributed by atoms with E-state index in [1.165, 1.54) is 111 Å². The second-order valence-corrected chi connectivity index (χ2v) is 15.6. The van der Waals surface area contributed by atoms with Crippen molar-refractivity contribution in [2.24, 2.45) is 0 Å². The number of hydrogen-bond donors (Lipinski definition) is 0. The lowest BCUT2D eigenvalue weighted by molar-refractivity contribution is 0.660. The van der Waals surface area contributed by atoms with Gasteiger partial charge in [-0.05, 0) is 129 Å². The summed E-state index contributed by atoms with van der Waals surface area (Å²) in [5, 5.41) is 5.29. The molecule has 0 heterocycles. The van der Waals surface area contributed by atoms with Crippen LogP contribution in [0, 0.1) is 0 Å². The maximum atomic E-state index is 2.51. The highest BCUT2D eigenvalue weighted by Crippen LogP contribution is 2.57. The third kappa shape index (κ3) is 3.46. The summed E-state index contributed by atoms with van der Waals surface area (Å²) in [5.41, 5.74) is 21.6. The molecule has 0 saturated carbocycles. The van der Waals surface area contributed by atoms with Crippen molar-refractivity contribution in [3.63, 3.8) is 0 Å². The molecule has 236 valence electrons. The number of fused-ring (bicyclic) bond motifs is 10. The fourth-order valence-electron chi connectivity index (χ4n) is 9.97. The largest absolute Gasteiger partial charge is 0.0619 e. The van der Waals surface area contributed by atoms with Crippen molar-refractivity contribution in [2.45, 2.75) is 38.5 Å². The Kier molecular flexibility index (Phi) is 5.34. The molecular formula is C50H36. The molecule has 0 aromatic heterocycles. The smallest absolute Gasteiger partial charge is 0.0159 e. The van der Waals surface area contributed by atoms with E-state index in [1.807, 2.05) is 0 Å². The van der Waals surface area contributed by atoms with Crippen molar-refractivity contribution < 1.29 is 0 Å². The van der Waals surface area contributed by atoms with E-state index in [2.05, 4.69) is 173 Å². The summed E-state index contributed by atoms with van der Waals surface area (Å²) in [5.74, 6) is 0. The van der Waals surface area contributed by atoms with Crippen molar-refractivity contribution in [1.29, 1.82) is 0 Å². The van der Waals surface area contributed by atoms with Crippen LogP contribution in [0.5, 0.6) is 0 Å². The summed E-state index contributed by atoms with van der Waals surface area (Å²) in [4.78, 5) is 0. The van der Waals surface area contributed by atoms with Crippen LogP contribution in [0.4, 0.5) is 0 Å². The molecule has 0 aliphatic heterocycles. The average molecular weight is 637 g/mol. The molecule has 11 rings (SSSR count). The minimum Gasteiger partial charge on any atom is -0.0619 e. The highest BCUT2D eigenvalue weighted by atomic mass is 14.4. The molecule has 0 heteroatoms. The normalized spacial score (nSPS) is 15.1. The van der Waals surface area contributed by atoms with Gasteiger partial charge in [0.25, 0.3) is 0 Å². The summed E-state index contributed by atoms with van der Waals surface area (Å²) in [6, 6.07) is 55.5. The van der Waals surface area contributed by atoms with E-state index < -0.39 is 0 Å². The zero-order chi connectivity index (χ0) is 33.5. The quantitative estimate of drug-likeness (QED) is 0.177. The van der Waals surface area contributed by atoms with E-state index in [4.69, 9.17) is 0 Å². The predicted octanol–water partition coefficient (Wildman–Crippen LogP) is 13.6. The van der Waals surface area contributed by atoms with Crippen LogP contribution < -0.4 is 0 Å². The van der Waals surface area contributed by atoms with E-state index in [-0.39, 0.29) is 10.8 Å². The van der Waals surface area contributed by atoms with Crippen molar-refractivity contribution in [1.82, 2.24) is 0 Å². The summed E-state index contributed by atoms with van der Waals surface area (Å²) in [6.45, 7) is 9.52. The first-order valence-electron chi connectivity index (χ1n) is 17.9. The second kappa shape index (κ2) is 9.49. The maximum Gasteiger partial charge on any atom is 0.0159 e. The molecule has 50 heavy (non-hydrogen) atoms. The Morgan fingerprint density at radius 2 is 0.840 bits per heavy atom. The SMILES string of the molecule is CC1(C)c2ccccc2-c2ccc(-c3cccc4c(-c5ccc6c(c5)C(C)(C)c5ccccc5-6)c5c(cc34)-c3cccc4cccc-5c34)cc21. The first-order valence-corrected chi connectivity index (χ1v) is 17.9. The summed E-state index contributed by atoms with van der Waals surface area (Å²) >= 11 is 0. The highest BCUT2D eigenvalue weighted by molar-refractivity contribution is 6.24. The van der Waals surface area contributed by atoms with Gasteiger partial charge in [0, 0.05) is 10.8 Å². The topological polar surface area (TPSA) is 0 Å². The second-order valence-electron chi connectivity index (χ2n) is 15.6. The van der Waals surface area contributed by atoms with Gasteiger partial charge in [0.1, 0.15) is 0 Å². The molecule has 0 spiro atoms. The molecule has 0 radical (unpaired) electrons. The highest BCUT2D eigenvalue weighted by Gasteiger charge is 2.37. The molecule has 0 fully saturated rings. The van der Waals surface area contributed by atoms with Gasteiger partial charge < -0.3 is 0 Å². The Balaban J connectivity index is 1.21. The molecule has 8 aromatic rings. The lowest BCUT2D eigenvalue weighted by Crippen LogP contribution is -2.15. The molecule has 0 N–H and O–H groups in total. The summed E-state index contributed by atoms with van der Waals surface area (Å²) < 4.78 is 0. The third-order valence-corrected chi connectivity index (χ3v) is 12.4. The van der Waals surface area contributed by atoms with Gasteiger partial charge in [0.2, 0.25) is 0 Å². The Bertz CT molecular complexity index is 2800. The average Bonchev–Trinajstić information content (AvgIpc) is 3.68. The van der Waals surface area contributed by atoms with Crippen LogP contribution >= 0.6 is 0 Å². The van der Waals surface area contributed by atoms with Gasteiger partial charge in [0.05, 0.1) is 0 Å². The standard InChI is InChI=1S/C50H36/c1-49(2)42-20-7-5-14-33(42)35-24-22-30(26-44(35)49)32-16-11-18-37-40(32)28-41-38-17-9-12-29-13-10-19-39(46(29)38)48(41)47(37)31-23-25-36-34-15-6-8-21-43(34)50(3,4)45(36)27-31/h5-28H,1-4H3. The number of benzene rings is 8. The number of rotatable bonds is 2. The van der Waals surface area contributed by atoms with Crippen molar-refractivity contribution >= 4 is 21.5 Å². The molecule has 0 bridgehead atoms. The first-order chi connectivity index (χ1) is 24.3. The molecule has 8 aromatic carbocycles. The van der Waals surface area contributed by atoms with Gasteiger partial charge in [0.15, 0.2) is 0 Å². The molecule has 3 aliphatic carbocycles. The fourth-order valence-corrected chi connectivity index (χ4v) is 9.97. The lowest BCUT2D eigenvalue weighted by atomic mass is 9.80. The van der Waals surface area contributed by atoms with Gasteiger partial charge in [-0.15, -0.1) is 0 Å². The van der Waals surface area contributed by atoms with E-state index in [9.17, 15) is 0 Å².